The van der Waals surface area contributed by atoms with Crippen molar-refractivity contribution in [3.05, 3.63) is 35.1 Å². The Hall–Kier alpha value is -1.55. The quantitative estimate of drug-likeness (QED) is 0.752. The van der Waals surface area contributed by atoms with Crippen molar-refractivity contribution in [3.8, 4) is 11.8 Å². The maximum atomic E-state index is 13.5. The molecule has 0 radical (unpaired) electrons. The van der Waals surface area contributed by atoms with Gasteiger partial charge in [-0.3, -0.25) is 4.90 Å². The summed E-state index contributed by atoms with van der Waals surface area (Å²) in [6.07, 6.45) is -2.23. The molecule has 0 heterocycles. The zero-order valence-electron chi connectivity index (χ0n) is 11.5. The van der Waals surface area contributed by atoms with Crippen molar-refractivity contribution in [1.82, 2.24) is 4.90 Å². The van der Waals surface area contributed by atoms with Gasteiger partial charge in [0, 0.05) is 25.1 Å². The molecule has 116 valence electrons. The molecule has 0 bridgehead atoms. The number of benzene rings is 1. The van der Waals surface area contributed by atoms with Gasteiger partial charge in [-0.2, -0.15) is 0 Å². The Labute approximate surface area is 122 Å². The molecule has 0 fully saturated rings. The number of alkyl halides is 2. The fourth-order valence-electron chi connectivity index (χ4n) is 1.86. The first-order chi connectivity index (χ1) is 10.0. The lowest BCUT2D eigenvalue weighted by Gasteiger charge is -2.20. The van der Waals surface area contributed by atoms with Crippen LogP contribution in [0.2, 0.25) is 0 Å². The lowest BCUT2D eigenvalue weighted by atomic mass is 10.1. The van der Waals surface area contributed by atoms with E-state index in [1.54, 1.807) is 6.07 Å². The summed E-state index contributed by atoms with van der Waals surface area (Å²) in [5, 5.41) is 17.5. The maximum Gasteiger partial charge on any atom is 0.251 e. The van der Waals surface area contributed by atoms with E-state index in [2.05, 4.69) is 11.8 Å². The molecule has 0 atom stereocenters. The third kappa shape index (κ3) is 7.14. The van der Waals surface area contributed by atoms with Gasteiger partial charge in [-0.15, -0.1) is 0 Å². The van der Waals surface area contributed by atoms with E-state index in [1.165, 1.54) is 17.0 Å². The Kier molecular flexibility index (Phi) is 7.83. The van der Waals surface area contributed by atoms with Crippen LogP contribution in [-0.4, -0.2) is 47.8 Å². The summed E-state index contributed by atoms with van der Waals surface area (Å²) in [6.45, 7) is -0.606. The smallest absolute Gasteiger partial charge is 0.251 e. The van der Waals surface area contributed by atoms with Crippen molar-refractivity contribution in [3.63, 3.8) is 0 Å². The number of halogens is 3. The van der Waals surface area contributed by atoms with Crippen molar-refractivity contribution < 1.29 is 23.4 Å². The number of aliphatic hydroxyl groups is 2. The highest BCUT2D eigenvalue weighted by atomic mass is 19.3. The Morgan fingerprint density at radius 1 is 1.14 bits per heavy atom. The molecule has 2 N–H and O–H groups in total. The SMILES string of the molecule is OCCC#Cc1cc(F)cc(CN(CCO)CC(F)F)c1. The summed E-state index contributed by atoms with van der Waals surface area (Å²) >= 11 is 0. The van der Waals surface area contributed by atoms with Crippen LogP contribution in [0.3, 0.4) is 0 Å². The maximum absolute atomic E-state index is 13.5. The molecule has 3 nitrogen and oxygen atoms in total. The summed E-state index contributed by atoms with van der Waals surface area (Å²) in [5.41, 5.74) is 0.942. The first-order valence-electron chi connectivity index (χ1n) is 6.55. The van der Waals surface area contributed by atoms with Gasteiger partial charge in [0.05, 0.1) is 19.8 Å². The second-order valence-corrected chi connectivity index (χ2v) is 4.47. The largest absolute Gasteiger partial charge is 0.395 e. The van der Waals surface area contributed by atoms with Gasteiger partial charge < -0.3 is 10.2 Å². The van der Waals surface area contributed by atoms with Crippen LogP contribution in [0, 0.1) is 17.7 Å². The highest BCUT2D eigenvalue weighted by Crippen LogP contribution is 2.12. The Morgan fingerprint density at radius 3 is 2.52 bits per heavy atom. The normalized spacial score (nSPS) is 10.8. The zero-order chi connectivity index (χ0) is 15.7. The fraction of sp³-hybridized carbons (Fsp3) is 0.467. The van der Waals surface area contributed by atoms with Crippen molar-refractivity contribution in [2.24, 2.45) is 0 Å². The van der Waals surface area contributed by atoms with E-state index >= 15 is 0 Å². The molecule has 0 spiro atoms. The van der Waals surface area contributed by atoms with E-state index in [4.69, 9.17) is 10.2 Å². The van der Waals surface area contributed by atoms with Crippen LogP contribution in [0.25, 0.3) is 0 Å². The molecule has 1 aromatic rings. The molecule has 0 aliphatic carbocycles. The molecule has 0 unspecified atom stereocenters. The average Bonchev–Trinajstić information content (AvgIpc) is 2.38. The number of rotatable bonds is 7. The van der Waals surface area contributed by atoms with E-state index in [1.807, 2.05) is 0 Å². The van der Waals surface area contributed by atoms with Crippen LogP contribution in [-0.2, 0) is 6.54 Å². The topological polar surface area (TPSA) is 43.7 Å². The summed E-state index contributed by atoms with van der Waals surface area (Å²) in [6, 6.07) is 4.12. The zero-order valence-corrected chi connectivity index (χ0v) is 11.5. The minimum absolute atomic E-state index is 0.0756. The molecule has 0 aliphatic heterocycles. The van der Waals surface area contributed by atoms with E-state index in [0.717, 1.165) is 0 Å². The van der Waals surface area contributed by atoms with Gasteiger partial charge in [-0.25, -0.2) is 13.2 Å². The van der Waals surface area contributed by atoms with Gasteiger partial charge in [0.15, 0.2) is 0 Å². The molecular weight excluding hydrogens is 283 g/mol. The molecule has 0 amide bonds. The van der Waals surface area contributed by atoms with Crippen molar-refractivity contribution in [1.29, 1.82) is 0 Å². The summed E-state index contributed by atoms with van der Waals surface area (Å²) < 4.78 is 38.4. The van der Waals surface area contributed by atoms with Gasteiger partial charge in [-0.05, 0) is 23.8 Å². The van der Waals surface area contributed by atoms with E-state index in [0.29, 0.717) is 11.1 Å². The van der Waals surface area contributed by atoms with Crippen molar-refractivity contribution in [2.45, 2.75) is 19.4 Å². The molecule has 0 saturated heterocycles. The van der Waals surface area contributed by atoms with E-state index < -0.39 is 18.8 Å². The second-order valence-electron chi connectivity index (χ2n) is 4.47. The van der Waals surface area contributed by atoms with Crippen LogP contribution in [0.15, 0.2) is 18.2 Å². The first kappa shape index (κ1) is 17.5. The minimum atomic E-state index is -2.52. The Balaban J connectivity index is 2.83. The predicted molar refractivity (Wildman–Crippen MR) is 73.3 cm³/mol. The molecule has 21 heavy (non-hydrogen) atoms. The van der Waals surface area contributed by atoms with E-state index in [-0.39, 0.29) is 32.7 Å². The summed E-state index contributed by atoms with van der Waals surface area (Å²) in [7, 11) is 0. The van der Waals surface area contributed by atoms with Crippen LogP contribution in [0.1, 0.15) is 17.5 Å². The van der Waals surface area contributed by atoms with Crippen molar-refractivity contribution >= 4 is 0 Å². The Morgan fingerprint density at radius 2 is 1.90 bits per heavy atom. The molecule has 0 aromatic heterocycles. The lowest BCUT2D eigenvalue weighted by molar-refractivity contribution is 0.0746. The van der Waals surface area contributed by atoms with Gasteiger partial charge >= 0.3 is 0 Å². The van der Waals surface area contributed by atoms with Gasteiger partial charge in [-0.1, -0.05) is 11.8 Å². The number of aliphatic hydroxyl groups excluding tert-OH is 2. The van der Waals surface area contributed by atoms with E-state index in [9.17, 15) is 13.2 Å². The second kappa shape index (κ2) is 9.40. The minimum Gasteiger partial charge on any atom is -0.395 e. The number of nitrogens with zero attached hydrogens (tertiary/aromatic N) is 1. The number of hydrogen-bond acceptors (Lipinski definition) is 3. The monoisotopic (exact) mass is 301 g/mol. The van der Waals surface area contributed by atoms with Crippen LogP contribution in [0.4, 0.5) is 13.2 Å². The highest BCUT2D eigenvalue weighted by Gasteiger charge is 2.12. The molecular formula is C15H18F3NO2. The predicted octanol–water partition coefficient (Wildman–Crippen LogP) is 1.62. The molecule has 1 rings (SSSR count). The molecule has 0 saturated carbocycles. The standard InChI is InChI=1S/C15H18F3NO2/c16-14-8-12(3-1-2-5-20)7-13(9-14)10-19(4-6-21)11-15(17)18/h7-9,15,20-21H,2,4-6,10-11H2. The van der Waals surface area contributed by atoms with Crippen LogP contribution < -0.4 is 0 Å². The molecule has 1 aromatic carbocycles. The lowest BCUT2D eigenvalue weighted by Crippen LogP contribution is -2.31. The van der Waals surface area contributed by atoms with Crippen molar-refractivity contribution in [2.75, 3.05) is 26.3 Å². The third-order valence-electron chi connectivity index (χ3n) is 2.65. The highest BCUT2D eigenvalue weighted by molar-refractivity contribution is 5.37. The Bertz CT molecular complexity index is 497. The van der Waals surface area contributed by atoms with Crippen LogP contribution in [0.5, 0.6) is 0 Å². The molecule has 6 heteroatoms. The fourth-order valence-corrected chi connectivity index (χ4v) is 1.86. The number of hydrogen-bond donors (Lipinski definition) is 2. The summed E-state index contributed by atoms with van der Waals surface area (Å²) in [5.74, 6) is 4.88. The van der Waals surface area contributed by atoms with Gasteiger partial charge in [0.25, 0.3) is 6.43 Å². The van der Waals surface area contributed by atoms with Crippen LogP contribution >= 0.6 is 0 Å². The summed E-state index contributed by atoms with van der Waals surface area (Å²) in [4.78, 5) is 1.35. The van der Waals surface area contributed by atoms with Gasteiger partial charge in [0.2, 0.25) is 0 Å². The van der Waals surface area contributed by atoms with Gasteiger partial charge in [0.1, 0.15) is 5.82 Å². The third-order valence-corrected chi connectivity index (χ3v) is 2.65. The molecule has 0 aliphatic rings. The first-order valence-corrected chi connectivity index (χ1v) is 6.55. The average molecular weight is 301 g/mol.